The molecule has 0 aromatic carbocycles. The number of nitrogens with zero attached hydrogens (tertiary/aromatic N) is 3. The maximum absolute atomic E-state index is 12.3. The Kier molecular flexibility index (Phi) is 5.32. The van der Waals surface area contributed by atoms with Gasteiger partial charge in [-0.1, -0.05) is 0 Å². The highest BCUT2D eigenvalue weighted by atomic mass is 16.5. The first-order chi connectivity index (χ1) is 14.0. The second kappa shape index (κ2) is 7.76. The van der Waals surface area contributed by atoms with Gasteiger partial charge >= 0.3 is 0 Å². The Morgan fingerprint density at radius 2 is 2.03 bits per heavy atom. The fourth-order valence-electron chi connectivity index (χ4n) is 4.72. The number of likely N-dealkylation sites (tertiary alicyclic amines) is 1. The number of aromatic amines is 1. The van der Waals surface area contributed by atoms with E-state index in [0.717, 1.165) is 51.6 Å². The van der Waals surface area contributed by atoms with Crippen LogP contribution in [0.4, 0.5) is 5.82 Å². The minimum absolute atomic E-state index is 0.00756. The number of hydrogen-bond donors (Lipinski definition) is 3. The number of aromatic nitrogens is 2. The summed E-state index contributed by atoms with van der Waals surface area (Å²) in [5, 5.41) is 19.4. The highest BCUT2D eigenvalue weighted by Crippen LogP contribution is 2.45. The Hall–Kier alpha value is -2.44. The maximum Gasteiger partial charge on any atom is 0.254 e. The highest BCUT2D eigenvalue weighted by Gasteiger charge is 2.44. The molecule has 0 spiro atoms. The van der Waals surface area contributed by atoms with Gasteiger partial charge in [-0.3, -0.25) is 19.6 Å². The number of nitrogens with two attached hydrogens (primary N) is 1. The summed E-state index contributed by atoms with van der Waals surface area (Å²) in [4.78, 5) is 26.9. The van der Waals surface area contributed by atoms with Gasteiger partial charge in [0.2, 0.25) is 5.91 Å². The molecule has 156 valence electrons. The molecule has 1 aliphatic heterocycles. The van der Waals surface area contributed by atoms with E-state index in [1.165, 1.54) is 0 Å². The predicted molar refractivity (Wildman–Crippen MR) is 105 cm³/mol. The van der Waals surface area contributed by atoms with Crippen molar-refractivity contribution >= 4 is 17.6 Å². The molecule has 2 saturated carbocycles. The average molecular weight is 400 g/mol. The van der Waals surface area contributed by atoms with Crippen molar-refractivity contribution in [2.75, 3.05) is 25.5 Å². The van der Waals surface area contributed by atoms with Gasteiger partial charge in [0, 0.05) is 44.0 Å². The fourth-order valence-corrected chi connectivity index (χ4v) is 4.72. The molecule has 2 aliphatic carbocycles. The van der Waals surface area contributed by atoms with Crippen molar-refractivity contribution in [1.29, 1.82) is 5.26 Å². The molecule has 0 radical (unpaired) electrons. The van der Waals surface area contributed by atoms with Gasteiger partial charge in [-0.25, -0.2) is 0 Å². The molecular weight excluding hydrogens is 372 g/mol. The molecular formula is C20H28N6O3. The summed E-state index contributed by atoms with van der Waals surface area (Å²) < 4.78 is 5.37. The molecule has 9 nitrogen and oxygen atoms in total. The summed E-state index contributed by atoms with van der Waals surface area (Å²) in [7, 11) is 1.74. The van der Waals surface area contributed by atoms with Crippen molar-refractivity contribution in [3.05, 3.63) is 11.3 Å². The molecule has 9 heteroatoms. The summed E-state index contributed by atoms with van der Waals surface area (Å²) in [6, 6.07) is 2.75. The number of ether oxygens (including phenoxy) is 1. The quantitative estimate of drug-likeness (QED) is 0.630. The summed E-state index contributed by atoms with van der Waals surface area (Å²) in [5.41, 5.74) is 5.98. The number of methoxy groups -OCH3 is 1. The number of primary amides is 1. The van der Waals surface area contributed by atoms with Crippen LogP contribution in [-0.2, 0) is 14.9 Å². The Morgan fingerprint density at radius 1 is 1.34 bits per heavy atom. The molecule has 1 saturated heterocycles. The number of rotatable bonds is 7. The second-order valence-electron chi connectivity index (χ2n) is 8.61. The molecule has 3 aliphatic rings. The van der Waals surface area contributed by atoms with Crippen LogP contribution in [0.25, 0.3) is 0 Å². The zero-order valence-corrected chi connectivity index (χ0v) is 16.7. The molecule has 0 bridgehead atoms. The van der Waals surface area contributed by atoms with Gasteiger partial charge in [0.05, 0.1) is 17.9 Å². The van der Waals surface area contributed by atoms with Crippen LogP contribution >= 0.6 is 0 Å². The van der Waals surface area contributed by atoms with Crippen molar-refractivity contribution < 1.29 is 14.3 Å². The Bertz CT molecular complexity index is 826. The number of H-pyrrole nitrogens is 1. The van der Waals surface area contributed by atoms with E-state index in [2.05, 4.69) is 26.5 Å². The van der Waals surface area contributed by atoms with Crippen molar-refractivity contribution in [3.63, 3.8) is 0 Å². The summed E-state index contributed by atoms with van der Waals surface area (Å²) in [5.74, 6) is -0.583. The van der Waals surface area contributed by atoms with E-state index in [9.17, 15) is 14.9 Å². The topological polar surface area (TPSA) is 137 Å². The third-order valence-electron chi connectivity index (χ3n) is 6.79. The SMILES string of the molecule is COC1CN(C2CCC(CC#N)(c3[nH]nc(NC(=O)C4CC4)c3C(N)=O)CC2)C1. The molecule has 29 heavy (non-hydrogen) atoms. The first kappa shape index (κ1) is 19.9. The summed E-state index contributed by atoms with van der Waals surface area (Å²) >= 11 is 0. The van der Waals surface area contributed by atoms with Crippen LogP contribution in [0.1, 0.15) is 61.0 Å². The van der Waals surface area contributed by atoms with Crippen LogP contribution in [0.2, 0.25) is 0 Å². The van der Waals surface area contributed by atoms with Gasteiger partial charge in [-0.15, -0.1) is 0 Å². The van der Waals surface area contributed by atoms with Gasteiger partial charge in [0.1, 0.15) is 5.56 Å². The number of nitrogens with one attached hydrogen (secondary N) is 2. The minimum Gasteiger partial charge on any atom is -0.379 e. The van der Waals surface area contributed by atoms with Crippen LogP contribution in [0.15, 0.2) is 0 Å². The van der Waals surface area contributed by atoms with Gasteiger partial charge < -0.3 is 15.8 Å². The largest absolute Gasteiger partial charge is 0.379 e. The fraction of sp³-hybridized carbons (Fsp3) is 0.700. The summed E-state index contributed by atoms with van der Waals surface area (Å²) in [6.07, 6.45) is 5.68. The monoisotopic (exact) mass is 400 g/mol. The summed E-state index contributed by atoms with van der Waals surface area (Å²) in [6.45, 7) is 1.89. The lowest BCUT2D eigenvalue weighted by Gasteiger charge is -2.48. The Labute approximate surface area is 169 Å². The molecule has 4 rings (SSSR count). The van der Waals surface area contributed by atoms with Crippen molar-refractivity contribution in [3.8, 4) is 6.07 Å². The number of carbonyl (C=O) groups is 2. The zero-order valence-electron chi connectivity index (χ0n) is 16.7. The van der Waals surface area contributed by atoms with E-state index in [-0.39, 0.29) is 29.6 Å². The number of hydrogen-bond acceptors (Lipinski definition) is 6. The number of nitriles is 1. The number of carbonyl (C=O) groups excluding carboxylic acids is 2. The van der Waals surface area contributed by atoms with Crippen LogP contribution in [-0.4, -0.2) is 59.3 Å². The number of anilines is 1. The lowest BCUT2D eigenvalue weighted by Crippen LogP contribution is -2.57. The molecule has 4 N–H and O–H groups in total. The Balaban J connectivity index is 1.54. The van der Waals surface area contributed by atoms with E-state index in [4.69, 9.17) is 10.5 Å². The minimum atomic E-state index is -0.634. The van der Waals surface area contributed by atoms with Crippen LogP contribution in [0, 0.1) is 17.2 Å². The second-order valence-corrected chi connectivity index (χ2v) is 8.61. The maximum atomic E-state index is 12.3. The normalized spacial score (nSPS) is 27.8. The van der Waals surface area contributed by atoms with E-state index in [1.807, 2.05) is 0 Å². The van der Waals surface area contributed by atoms with E-state index in [1.54, 1.807) is 7.11 Å². The van der Waals surface area contributed by atoms with Gasteiger partial charge in [-0.2, -0.15) is 10.4 Å². The average Bonchev–Trinajstić information content (AvgIpc) is 3.43. The smallest absolute Gasteiger partial charge is 0.254 e. The van der Waals surface area contributed by atoms with Crippen LogP contribution in [0.5, 0.6) is 0 Å². The lowest BCUT2D eigenvalue weighted by atomic mass is 9.67. The van der Waals surface area contributed by atoms with E-state index < -0.39 is 11.3 Å². The van der Waals surface area contributed by atoms with E-state index >= 15 is 0 Å². The van der Waals surface area contributed by atoms with Gasteiger partial charge in [0.25, 0.3) is 5.91 Å². The van der Waals surface area contributed by atoms with Crippen LogP contribution in [0.3, 0.4) is 0 Å². The standard InChI is InChI=1S/C20H28N6O3/c1-29-14-10-26(11-14)13-4-6-20(7-5-13,8-9-21)16-15(17(22)27)18(25-24-16)23-19(28)12-2-3-12/h12-14H,2-8,10-11H2,1H3,(H2,22,27)(H2,23,24,25,28). The van der Waals surface area contributed by atoms with Crippen molar-refractivity contribution in [2.45, 2.75) is 62.5 Å². The molecule has 1 aromatic rings. The first-order valence-corrected chi connectivity index (χ1v) is 10.3. The van der Waals surface area contributed by atoms with Gasteiger partial charge in [-0.05, 0) is 38.5 Å². The molecule has 1 aromatic heterocycles. The van der Waals surface area contributed by atoms with Crippen molar-refractivity contribution in [2.24, 2.45) is 11.7 Å². The first-order valence-electron chi connectivity index (χ1n) is 10.3. The lowest BCUT2D eigenvalue weighted by molar-refractivity contribution is -0.117. The molecule has 3 fully saturated rings. The molecule has 2 amide bonds. The third-order valence-corrected chi connectivity index (χ3v) is 6.79. The van der Waals surface area contributed by atoms with Crippen molar-refractivity contribution in [1.82, 2.24) is 15.1 Å². The molecule has 2 heterocycles. The number of amides is 2. The molecule has 0 unspecified atom stereocenters. The highest BCUT2D eigenvalue weighted by molar-refractivity contribution is 6.04. The molecule has 0 atom stereocenters. The van der Waals surface area contributed by atoms with Gasteiger partial charge in [0.15, 0.2) is 5.82 Å². The Morgan fingerprint density at radius 3 is 2.59 bits per heavy atom. The third kappa shape index (κ3) is 3.74. The van der Waals surface area contributed by atoms with Crippen LogP contribution < -0.4 is 11.1 Å². The zero-order chi connectivity index (χ0) is 20.6. The van der Waals surface area contributed by atoms with E-state index in [0.29, 0.717) is 17.8 Å². The predicted octanol–water partition coefficient (Wildman–Crippen LogP) is 1.28.